The third-order valence-corrected chi connectivity index (χ3v) is 8.70. The number of fused-ring (bicyclic) bond motifs is 1. The van der Waals surface area contributed by atoms with Gasteiger partial charge in [-0.05, 0) is 56.5 Å². The van der Waals surface area contributed by atoms with Gasteiger partial charge < -0.3 is 20.5 Å². The Bertz CT molecular complexity index is 1670. The van der Waals surface area contributed by atoms with Crippen LogP contribution < -0.4 is 15.8 Å². The van der Waals surface area contributed by atoms with E-state index >= 15 is 0 Å². The average molecular weight is 565 g/mol. The third-order valence-electron chi connectivity index (χ3n) is 6.88. The second-order valence-electron chi connectivity index (χ2n) is 9.86. The second kappa shape index (κ2) is 10.6. The van der Waals surface area contributed by atoms with Gasteiger partial charge in [-0.15, -0.1) is 0 Å². The highest BCUT2D eigenvalue weighted by atomic mass is 32.2. The number of sulfonamides is 1. The van der Waals surface area contributed by atoms with Crippen molar-refractivity contribution < 1.29 is 27.6 Å². The van der Waals surface area contributed by atoms with Crippen molar-refractivity contribution in [3.05, 3.63) is 71.6 Å². The summed E-state index contributed by atoms with van der Waals surface area (Å²) in [4.78, 5) is 57.1. The summed E-state index contributed by atoms with van der Waals surface area (Å²) in [6.45, 7) is 1.83. The van der Waals surface area contributed by atoms with Gasteiger partial charge in [0.15, 0.2) is 0 Å². The average Bonchev–Trinajstić information content (AvgIpc) is 3.72. The van der Waals surface area contributed by atoms with E-state index in [2.05, 4.69) is 15.0 Å². The molecule has 2 aromatic heterocycles. The first kappa shape index (κ1) is 27.1. The maximum absolute atomic E-state index is 13.4. The number of carbonyl (C=O) groups excluding carboxylic acids is 4. The van der Waals surface area contributed by atoms with Crippen molar-refractivity contribution in [2.45, 2.75) is 44.0 Å². The number of primary amides is 1. The van der Waals surface area contributed by atoms with Gasteiger partial charge in [0, 0.05) is 34.9 Å². The van der Waals surface area contributed by atoms with Crippen LogP contribution in [0.25, 0.3) is 10.9 Å². The molecule has 208 valence electrons. The molecule has 1 aliphatic heterocycles. The number of anilines is 1. The van der Waals surface area contributed by atoms with Crippen molar-refractivity contribution in [1.29, 1.82) is 0 Å². The molecule has 0 radical (unpaired) electrons. The molecule has 4 amide bonds. The van der Waals surface area contributed by atoms with Crippen molar-refractivity contribution in [2.75, 3.05) is 11.9 Å². The minimum absolute atomic E-state index is 0.0333. The van der Waals surface area contributed by atoms with Gasteiger partial charge in [0.25, 0.3) is 11.8 Å². The van der Waals surface area contributed by atoms with E-state index < -0.39 is 33.1 Å². The van der Waals surface area contributed by atoms with Gasteiger partial charge in [-0.25, -0.2) is 18.1 Å². The van der Waals surface area contributed by atoms with Crippen molar-refractivity contribution in [3.8, 4) is 0 Å². The van der Waals surface area contributed by atoms with Crippen LogP contribution in [0.1, 0.15) is 45.7 Å². The number of aryl methyl sites for hydroxylation is 1. The molecule has 13 heteroatoms. The van der Waals surface area contributed by atoms with Crippen LogP contribution >= 0.6 is 0 Å². The number of nitrogens with one attached hydrogen (secondary N) is 2. The third kappa shape index (κ3) is 5.59. The summed E-state index contributed by atoms with van der Waals surface area (Å²) in [5.74, 6) is -1.94. The zero-order chi connectivity index (χ0) is 28.6. The molecule has 1 unspecified atom stereocenters. The summed E-state index contributed by atoms with van der Waals surface area (Å²) in [7, 11) is -3.76. The number of hydrogen-bond acceptors (Lipinski definition) is 7. The number of hydrogen-bond donors (Lipinski definition) is 3. The summed E-state index contributed by atoms with van der Waals surface area (Å²) >= 11 is 0. The number of rotatable bonds is 8. The molecule has 40 heavy (non-hydrogen) atoms. The molecule has 3 heterocycles. The van der Waals surface area contributed by atoms with E-state index in [1.165, 1.54) is 33.9 Å². The Morgan fingerprint density at radius 2 is 1.88 bits per heavy atom. The minimum atomic E-state index is -3.76. The van der Waals surface area contributed by atoms with Crippen LogP contribution in [-0.4, -0.2) is 64.3 Å². The van der Waals surface area contributed by atoms with Crippen LogP contribution in [0.2, 0.25) is 0 Å². The Balaban J connectivity index is 1.38. The molecule has 1 atom stereocenters. The van der Waals surface area contributed by atoms with Crippen LogP contribution in [0.15, 0.2) is 54.7 Å². The summed E-state index contributed by atoms with van der Waals surface area (Å²) in [6, 6.07) is 8.81. The molecule has 4 N–H and O–H groups in total. The predicted octanol–water partition coefficient (Wildman–Crippen LogP) is 1.46. The molecule has 2 aliphatic rings. The number of amides is 4. The molecule has 12 nitrogen and oxygen atoms in total. The predicted molar refractivity (Wildman–Crippen MR) is 147 cm³/mol. The molecule has 1 fully saturated rings. The van der Waals surface area contributed by atoms with Crippen molar-refractivity contribution in [2.24, 2.45) is 5.73 Å². The van der Waals surface area contributed by atoms with Gasteiger partial charge in [-0.3, -0.25) is 19.2 Å². The fourth-order valence-corrected chi connectivity index (χ4v) is 5.97. The Morgan fingerprint density at radius 3 is 2.58 bits per heavy atom. The fraction of sp³-hybridized carbons (Fsp3) is 0.296. The van der Waals surface area contributed by atoms with E-state index in [9.17, 15) is 27.6 Å². The minimum Gasteiger partial charge on any atom is -0.366 e. The highest BCUT2D eigenvalue weighted by molar-refractivity contribution is 7.91. The molecular formula is C27H28N6O6S. The zero-order valence-corrected chi connectivity index (χ0v) is 22.5. The van der Waals surface area contributed by atoms with E-state index in [0.717, 1.165) is 5.69 Å². The number of nitrogens with two attached hydrogens (primary N) is 1. The van der Waals surface area contributed by atoms with Crippen LogP contribution in [0.4, 0.5) is 5.82 Å². The summed E-state index contributed by atoms with van der Waals surface area (Å²) < 4.78 is 28.0. The molecule has 0 bridgehead atoms. The Hall–Kier alpha value is -4.52. The van der Waals surface area contributed by atoms with Crippen LogP contribution in [0.3, 0.4) is 0 Å². The standard InChI is InChI=1S/C27H28N6O6S/c1-16-5-4-7-23(29-16)30-27(37)22-6-2-3-12-33(22)24(34)15-32-14-20(25(28)35)19-13-17(8-11-21(19)32)26(36)31-40(38,39)18-9-10-18/h2-5,7-8,11,13-14,18,22H,6,9-10,12,15H2,1H3,(H2,28,35)(H,31,36)(H,29,30,37). The Morgan fingerprint density at radius 1 is 1.10 bits per heavy atom. The quantitative estimate of drug-likeness (QED) is 0.347. The van der Waals surface area contributed by atoms with Crippen LogP contribution in [0.5, 0.6) is 0 Å². The number of pyridine rings is 1. The smallest absolute Gasteiger partial charge is 0.264 e. The molecule has 1 saturated carbocycles. The lowest BCUT2D eigenvalue weighted by Gasteiger charge is -2.32. The fourth-order valence-electron chi connectivity index (χ4n) is 4.67. The lowest BCUT2D eigenvalue weighted by atomic mass is 10.1. The van der Waals surface area contributed by atoms with Gasteiger partial charge in [0.2, 0.25) is 21.8 Å². The molecule has 0 spiro atoms. The van der Waals surface area contributed by atoms with Gasteiger partial charge in [0.1, 0.15) is 18.4 Å². The first-order chi connectivity index (χ1) is 19.0. The van der Waals surface area contributed by atoms with E-state index in [-0.39, 0.29) is 36.0 Å². The highest BCUT2D eigenvalue weighted by Crippen LogP contribution is 2.28. The number of benzene rings is 1. The second-order valence-corrected chi connectivity index (χ2v) is 11.8. The Labute approximate surface area is 230 Å². The van der Waals surface area contributed by atoms with E-state index in [0.29, 0.717) is 36.0 Å². The van der Waals surface area contributed by atoms with Crippen LogP contribution in [-0.2, 0) is 26.2 Å². The number of carbonyl (C=O) groups is 4. The van der Waals surface area contributed by atoms with Gasteiger partial charge in [-0.2, -0.15) is 0 Å². The largest absolute Gasteiger partial charge is 0.366 e. The van der Waals surface area contributed by atoms with Crippen molar-refractivity contribution in [1.82, 2.24) is 19.2 Å². The molecular weight excluding hydrogens is 536 g/mol. The van der Waals surface area contributed by atoms with E-state index in [1.807, 2.05) is 19.1 Å². The first-order valence-electron chi connectivity index (χ1n) is 12.7. The van der Waals surface area contributed by atoms with Gasteiger partial charge in [0.05, 0.1) is 10.8 Å². The van der Waals surface area contributed by atoms with Crippen molar-refractivity contribution >= 4 is 50.4 Å². The summed E-state index contributed by atoms with van der Waals surface area (Å²) in [6.07, 6.45) is 6.38. The SMILES string of the molecule is Cc1cccc(NC(=O)C2CC=CCN2C(=O)Cn2cc(C(N)=O)c3cc(C(=O)NS(=O)(=O)C4CC4)ccc32)n1. The number of aromatic nitrogens is 2. The molecule has 1 aliphatic carbocycles. The molecule has 5 rings (SSSR count). The normalized spacial score (nSPS) is 17.0. The number of nitrogens with zero attached hydrogens (tertiary/aromatic N) is 3. The lowest BCUT2D eigenvalue weighted by molar-refractivity contribution is -0.138. The summed E-state index contributed by atoms with van der Waals surface area (Å²) in [5.41, 5.74) is 6.87. The Kier molecular flexibility index (Phi) is 7.15. The van der Waals surface area contributed by atoms with E-state index in [1.54, 1.807) is 18.2 Å². The monoisotopic (exact) mass is 564 g/mol. The molecule has 1 aromatic carbocycles. The first-order valence-corrected chi connectivity index (χ1v) is 14.3. The maximum Gasteiger partial charge on any atom is 0.264 e. The van der Waals surface area contributed by atoms with E-state index in [4.69, 9.17) is 5.73 Å². The molecule has 0 saturated heterocycles. The topological polar surface area (TPSA) is 174 Å². The zero-order valence-electron chi connectivity index (χ0n) is 21.7. The van der Waals surface area contributed by atoms with Gasteiger partial charge >= 0.3 is 0 Å². The van der Waals surface area contributed by atoms with Crippen LogP contribution in [0, 0.1) is 6.92 Å². The summed E-state index contributed by atoms with van der Waals surface area (Å²) in [5, 5.41) is 2.50. The van der Waals surface area contributed by atoms with Crippen molar-refractivity contribution in [3.63, 3.8) is 0 Å². The molecule has 3 aromatic rings. The van der Waals surface area contributed by atoms with Gasteiger partial charge in [-0.1, -0.05) is 18.2 Å². The maximum atomic E-state index is 13.4. The lowest BCUT2D eigenvalue weighted by Crippen LogP contribution is -2.49. The highest BCUT2D eigenvalue weighted by Gasteiger charge is 2.37.